The van der Waals surface area contributed by atoms with Crippen LogP contribution in [0.3, 0.4) is 0 Å². The number of halogens is 2. The number of fused-ring (bicyclic) bond motifs is 1. The van der Waals surface area contributed by atoms with E-state index in [2.05, 4.69) is 10.6 Å². The predicted molar refractivity (Wildman–Crippen MR) is 82.6 cm³/mol. The molecule has 102 valence electrons. The molecular weight excluding hydrogens is 295 g/mol. The second-order valence-corrected chi connectivity index (χ2v) is 5.61. The van der Waals surface area contributed by atoms with Crippen molar-refractivity contribution in [2.75, 3.05) is 10.6 Å². The highest BCUT2D eigenvalue weighted by molar-refractivity contribution is 6.31. The number of rotatable bonds is 2. The zero-order valence-corrected chi connectivity index (χ0v) is 12.2. The molecule has 1 unspecified atom stereocenters. The zero-order chi connectivity index (χ0) is 14.3. The quantitative estimate of drug-likeness (QED) is 0.863. The van der Waals surface area contributed by atoms with Gasteiger partial charge in [-0.2, -0.15) is 0 Å². The van der Waals surface area contributed by atoms with Crippen LogP contribution >= 0.6 is 23.2 Å². The van der Waals surface area contributed by atoms with E-state index in [1.807, 2.05) is 25.1 Å². The molecule has 0 saturated carbocycles. The maximum absolute atomic E-state index is 12.0. The van der Waals surface area contributed by atoms with Gasteiger partial charge in [-0.25, -0.2) is 0 Å². The third-order valence-electron chi connectivity index (χ3n) is 3.33. The Labute approximate surface area is 126 Å². The lowest BCUT2D eigenvalue weighted by atomic mass is 10.1. The summed E-state index contributed by atoms with van der Waals surface area (Å²) in [5.74, 6) is -0.0982. The van der Waals surface area contributed by atoms with E-state index in [4.69, 9.17) is 23.2 Å². The predicted octanol–water partition coefficient (Wildman–Crippen LogP) is 4.41. The monoisotopic (exact) mass is 306 g/mol. The largest absolute Gasteiger partial charge is 0.370 e. The van der Waals surface area contributed by atoms with Crippen LogP contribution in [-0.2, 0) is 4.79 Å². The maximum atomic E-state index is 12.0. The summed E-state index contributed by atoms with van der Waals surface area (Å²) < 4.78 is 0. The molecule has 5 heteroatoms. The van der Waals surface area contributed by atoms with Crippen molar-refractivity contribution in [1.82, 2.24) is 0 Å². The molecule has 0 aliphatic carbocycles. The molecule has 1 atom stereocenters. The van der Waals surface area contributed by atoms with E-state index in [1.54, 1.807) is 18.2 Å². The average Bonchev–Trinajstić information content (AvgIpc) is 2.70. The number of carbonyl (C=O) groups excluding carboxylic acids is 1. The van der Waals surface area contributed by atoms with E-state index in [0.29, 0.717) is 10.0 Å². The number of aryl methyl sites for hydroxylation is 1. The standard InChI is InChI=1S/C15H12Cl2N2O/c1-8-2-4-10(7-12(8)17)18-14-11-6-9(16)3-5-13(11)19-15(14)20/h2-7,14,18H,1H3,(H,19,20). The zero-order valence-electron chi connectivity index (χ0n) is 10.7. The highest BCUT2D eigenvalue weighted by Gasteiger charge is 2.30. The first kappa shape index (κ1) is 13.3. The minimum atomic E-state index is -0.456. The molecule has 20 heavy (non-hydrogen) atoms. The molecule has 1 heterocycles. The van der Waals surface area contributed by atoms with Gasteiger partial charge in [0, 0.05) is 27.0 Å². The van der Waals surface area contributed by atoms with Crippen molar-refractivity contribution in [2.24, 2.45) is 0 Å². The molecule has 0 radical (unpaired) electrons. The lowest BCUT2D eigenvalue weighted by Crippen LogP contribution is -2.19. The van der Waals surface area contributed by atoms with E-state index in [-0.39, 0.29) is 5.91 Å². The Balaban J connectivity index is 1.93. The van der Waals surface area contributed by atoms with Gasteiger partial charge >= 0.3 is 0 Å². The average molecular weight is 307 g/mol. The summed E-state index contributed by atoms with van der Waals surface area (Å²) in [5.41, 5.74) is 3.43. The Morgan fingerprint density at radius 2 is 1.95 bits per heavy atom. The van der Waals surface area contributed by atoms with Crippen LogP contribution in [0.15, 0.2) is 36.4 Å². The second-order valence-electron chi connectivity index (χ2n) is 4.76. The van der Waals surface area contributed by atoms with Gasteiger partial charge in [-0.05, 0) is 42.8 Å². The third kappa shape index (κ3) is 2.35. The topological polar surface area (TPSA) is 41.1 Å². The number of carbonyl (C=O) groups is 1. The highest BCUT2D eigenvalue weighted by atomic mass is 35.5. The van der Waals surface area contributed by atoms with Crippen molar-refractivity contribution in [1.29, 1.82) is 0 Å². The van der Waals surface area contributed by atoms with E-state index >= 15 is 0 Å². The second kappa shape index (κ2) is 5.00. The van der Waals surface area contributed by atoms with Crippen molar-refractivity contribution in [3.8, 4) is 0 Å². The molecule has 0 saturated heterocycles. The SMILES string of the molecule is Cc1ccc(NC2C(=O)Nc3ccc(Cl)cc32)cc1Cl. The number of amides is 1. The summed E-state index contributed by atoms with van der Waals surface area (Å²) in [7, 11) is 0. The fraction of sp³-hybridized carbons (Fsp3) is 0.133. The van der Waals surface area contributed by atoms with Crippen LogP contribution in [0.25, 0.3) is 0 Å². The van der Waals surface area contributed by atoms with Crippen LogP contribution < -0.4 is 10.6 Å². The van der Waals surface area contributed by atoms with Crippen molar-refractivity contribution >= 4 is 40.5 Å². The Morgan fingerprint density at radius 1 is 1.15 bits per heavy atom. The molecule has 0 fully saturated rings. The number of anilines is 2. The molecule has 1 aliphatic heterocycles. The van der Waals surface area contributed by atoms with Crippen LogP contribution in [0, 0.1) is 6.92 Å². The number of hydrogen-bond donors (Lipinski definition) is 2. The first-order valence-corrected chi connectivity index (χ1v) is 6.93. The van der Waals surface area contributed by atoms with Crippen LogP contribution in [0.5, 0.6) is 0 Å². The minimum absolute atomic E-state index is 0.0982. The number of benzene rings is 2. The first-order chi connectivity index (χ1) is 9.54. The van der Waals surface area contributed by atoms with Gasteiger partial charge in [-0.1, -0.05) is 29.3 Å². The lowest BCUT2D eigenvalue weighted by molar-refractivity contribution is -0.116. The summed E-state index contributed by atoms with van der Waals surface area (Å²) in [6, 6.07) is 10.5. The van der Waals surface area contributed by atoms with Gasteiger partial charge in [0.1, 0.15) is 6.04 Å². The lowest BCUT2D eigenvalue weighted by Gasteiger charge is -2.14. The van der Waals surface area contributed by atoms with Gasteiger partial charge in [0.15, 0.2) is 0 Å². The maximum Gasteiger partial charge on any atom is 0.251 e. The molecule has 2 aromatic carbocycles. The van der Waals surface area contributed by atoms with Gasteiger partial charge in [0.05, 0.1) is 0 Å². The summed E-state index contributed by atoms with van der Waals surface area (Å²) in [4.78, 5) is 12.0. The summed E-state index contributed by atoms with van der Waals surface area (Å²) in [6.07, 6.45) is 0. The van der Waals surface area contributed by atoms with Crippen LogP contribution in [0.4, 0.5) is 11.4 Å². The van der Waals surface area contributed by atoms with Crippen molar-refractivity contribution in [2.45, 2.75) is 13.0 Å². The van der Waals surface area contributed by atoms with Gasteiger partial charge in [-0.15, -0.1) is 0 Å². The Morgan fingerprint density at radius 3 is 2.70 bits per heavy atom. The molecule has 3 rings (SSSR count). The molecule has 1 aliphatic rings. The molecule has 3 nitrogen and oxygen atoms in total. The molecule has 0 aromatic heterocycles. The number of hydrogen-bond acceptors (Lipinski definition) is 2. The fourth-order valence-electron chi connectivity index (χ4n) is 2.22. The van der Waals surface area contributed by atoms with E-state index in [1.165, 1.54) is 0 Å². The van der Waals surface area contributed by atoms with Gasteiger partial charge in [-0.3, -0.25) is 4.79 Å². The fourth-order valence-corrected chi connectivity index (χ4v) is 2.59. The molecule has 2 N–H and O–H groups in total. The van der Waals surface area contributed by atoms with Crippen LogP contribution in [0.2, 0.25) is 10.0 Å². The first-order valence-electron chi connectivity index (χ1n) is 6.17. The molecule has 1 amide bonds. The van der Waals surface area contributed by atoms with Gasteiger partial charge < -0.3 is 10.6 Å². The van der Waals surface area contributed by atoms with E-state index in [0.717, 1.165) is 22.5 Å². The Hall–Kier alpha value is -1.71. The molecule has 0 spiro atoms. The summed E-state index contributed by atoms with van der Waals surface area (Å²) in [5, 5.41) is 7.29. The van der Waals surface area contributed by atoms with Crippen molar-refractivity contribution in [3.63, 3.8) is 0 Å². The van der Waals surface area contributed by atoms with Gasteiger partial charge in [0.25, 0.3) is 5.91 Å². The smallest absolute Gasteiger partial charge is 0.251 e. The summed E-state index contributed by atoms with van der Waals surface area (Å²) >= 11 is 12.1. The van der Waals surface area contributed by atoms with Crippen LogP contribution in [0.1, 0.15) is 17.2 Å². The third-order valence-corrected chi connectivity index (χ3v) is 3.97. The molecule has 2 aromatic rings. The van der Waals surface area contributed by atoms with Crippen LogP contribution in [-0.4, -0.2) is 5.91 Å². The van der Waals surface area contributed by atoms with Crippen molar-refractivity contribution in [3.05, 3.63) is 57.6 Å². The van der Waals surface area contributed by atoms with Crippen molar-refractivity contribution < 1.29 is 4.79 Å². The van der Waals surface area contributed by atoms with E-state index in [9.17, 15) is 4.79 Å². The normalized spacial score (nSPS) is 16.8. The Kier molecular flexibility index (Phi) is 3.32. The highest BCUT2D eigenvalue weighted by Crippen LogP contribution is 2.35. The Bertz CT molecular complexity index is 700. The number of nitrogens with one attached hydrogen (secondary N) is 2. The molecule has 0 bridgehead atoms. The van der Waals surface area contributed by atoms with E-state index < -0.39 is 6.04 Å². The van der Waals surface area contributed by atoms with Gasteiger partial charge in [0.2, 0.25) is 0 Å². The minimum Gasteiger partial charge on any atom is -0.370 e. The molecular formula is C15H12Cl2N2O. The summed E-state index contributed by atoms with van der Waals surface area (Å²) in [6.45, 7) is 1.93.